The second kappa shape index (κ2) is 18.9. The van der Waals surface area contributed by atoms with Crippen molar-refractivity contribution in [2.45, 2.75) is 81.3 Å². The number of rotatable bonds is 11. The lowest BCUT2D eigenvalue weighted by molar-refractivity contribution is -0.158. The molecule has 0 saturated carbocycles. The van der Waals surface area contributed by atoms with Crippen molar-refractivity contribution in [3.63, 3.8) is 0 Å². The Morgan fingerprint density at radius 3 is 2.27 bits per heavy atom. The monoisotopic (exact) mass is 1030 g/mol. The van der Waals surface area contributed by atoms with Gasteiger partial charge in [0.2, 0.25) is 6.79 Å². The summed E-state index contributed by atoms with van der Waals surface area (Å²) in [5, 5.41) is 26.9. The summed E-state index contributed by atoms with van der Waals surface area (Å²) >= 11 is 1.45. The number of aromatic hydroxyl groups is 1. The Morgan fingerprint density at radius 1 is 0.918 bits per heavy atom. The second-order valence-electron chi connectivity index (χ2n) is 19.3. The normalized spacial score (nSPS) is 25.5. The molecule has 2 unspecified atom stereocenters. The largest absolute Gasteiger partial charge is 0.530 e. The molecule has 19 heteroatoms. The number of phenols is 1. The number of piperazine rings is 1. The molecule has 4 bridgehead atoms. The number of likely N-dealkylation sites (N-methyl/N-ethyl adjacent to an activating group) is 1. The van der Waals surface area contributed by atoms with Gasteiger partial charge in [0.15, 0.2) is 40.0 Å². The maximum Gasteiger partial charge on any atom is 0.530 e. The number of benzene rings is 5. The third-order valence-electron chi connectivity index (χ3n) is 15.0. The molecule has 73 heavy (non-hydrogen) atoms. The van der Waals surface area contributed by atoms with Gasteiger partial charge in [-0.25, -0.2) is 9.36 Å². The number of ether oxygens (including phenoxy) is 6. The smallest absolute Gasteiger partial charge is 0.504 e. The number of thioether (sulfide) groups is 1. The number of phenolic OH excluding ortho intramolecular Hbond substituents is 1. The van der Waals surface area contributed by atoms with Crippen LogP contribution in [-0.2, 0) is 59.5 Å². The number of nitriles is 1. The third kappa shape index (κ3) is 8.08. The van der Waals surface area contributed by atoms with E-state index in [0.717, 1.165) is 22.3 Å². The molecule has 2 fully saturated rings. The van der Waals surface area contributed by atoms with Gasteiger partial charge in [-0.3, -0.25) is 29.0 Å². The van der Waals surface area contributed by atoms with Crippen LogP contribution in [0.25, 0.3) is 0 Å². The molecular weight excluding hydrogens is 976 g/mol. The highest BCUT2D eigenvalue weighted by atomic mass is 32.2. The summed E-state index contributed by atoms with van der Waals surface area (Å²) in [6, 6.07) is 24.7. The minimum Gasteiger partial charge on any atom is -0.504 e. The standard InChI is InChI=1S/C54H55N4O13PS/c1-30-19-36-22-53(26-55)27-57(4)44(41(36)46(60)47(30)64-6)45-51-43-42(50-49(66-29-67-50)31(2)48(43)70-32(3)59)38(58(45)53)25-65-52(61)54(28-73-51)37-21-39(63-5)40(20-35(37)17-18-56-54)71-72(62,68-23-33-13-9-7-10-14-33)69-24-34-15-11-8-12-16-34/h7-16,19-21,38,44-45,51,56,60H,17-18,22-25,27-29H2,1-6H3/t38-,44+,45?,51+,53-,54+/m0/s1. The van der Waals surface area contributed by atoms with Crippen LogP contribution in [0, 0.1) is 25.2 Å². The van der Waals surface area contributed by atoms with E-state index < -0.39 is 54.2 Å². The van der Waals surface area contributed by atoms with Crippen LogP contribution >= 0.6 is 19.6 Å². The first-order chi connectivity index (χ1) is 35.2. The zero-order chi connectivity index (χ0) is 51.0. The summed E-state index contributed by atoms with van der Waals surface area (Å²) in [5.74, 6) is 0.638. The number of carbonyl (C=O) groups excluding carboxylic acids is 2. The van der Waals surface area contributed by atoms with Crippen LogP contribution in [0.4, 0.5) is 0 Å². The average molecular weight is 1030 g/mol. The van der Waals surface area contributed by atoms with E-state index in [2.05, 4.69) is 21.2 Å². The SMILES string of the molecule is COc1cc2c(cc1OP(=O)(OCc1ccccc1)OCc1ccccc1)CCN[C@]21CS[C@@H]2c3c(OC(C)=O)c(C)c4c(c3[C@H](COC1=O)N1C2[C@H]2c3c(cc(C)c(OC)c3O)C[C@]1(C#N)CN2C)OCO4. The number of hydrogen-bond acceptors (Lipinski definition) is 18. The van der Waals surface area contributed by atoms with Gasteiger partial charge < -0.3 is 38.1 Å². The molecule has 0 radical (unpaired) electrons. The summed E-state index contributed by atoms with van der Waals surface area (Å²) in [5.41, 5.74) is 3.99. The average Bonchev–Trinajstić information content (AvgIpc) is 3.80. The Hall–Kier alpha value is -6.29. The number of hydrogen-bond donors (Lipinski definition) is 2. The number of aryl methyl sites for hydroxylation is 1. The number of nitrogens with one attached hydrogen (secondary N) is 1. The van der Waals surface area contributed by atoms with Gasteiger partial charge in [-0.05, 0) is 72.8 Å². The van der Waals surface area contributed by atoms with E-state index in [0.29, 0.717) is 69.3 Å². The fraction of sp³-hybridized carbons (Fsp3) is 0.389. The molecule has 8 aliphatic rings. The number of phosphoric ester groups is 1. The minimum atomic E-state index is -4.36. The Balaban J connectivity index is 1.05. The Bertz CT molecular complexity index is 3090. The van der Waals surface area contributed by atoms with Crippen LogP contribution in [0.3, 0.4) is 0 Å². The first-order valence-corrected chi connectivity index (χ1v) is 26.6. The van der Waals surface area contributed by atoms with E-state index in [1.165, 1.54) is 32.9 Å². The topological polar surface area (TPSA) is 197 Å². The fourth-order valence-electron chi connectivity index (χ4n) is 12.0. The second-order valence-corrected chi connectivity index (χ2v) is 22.0. The molecule has 1 spiro atoms. The molecule has 2 saturated heterocycles. The van der Waals surface area contributed by atoms with E-state index in [-0.39, 0.29) is 62.6 Å². The Labute approximate surface area is 427 Å². The van der Waals surface area contributed by atoms with Gasteiger partial charge in [0.25, 0.3) is 0 Å². The number of nitrogens with zero attached hydrogens (tertiary/aromatic N) is 3. The lowest BCUT2D eigenvalue weighted by atomic mass is 9.76. The highest BCUT2D eigenvalue weighted by Crippen LogP contribution is 2.66. The number of esters is 2. The van der Waals surface area contributed by atoms with Crippen molar-refractivity contribution in [3.8, 4) is 46.3 Å². The summed E-state index contributed by atoms with van der Waals surface area (Å²) in [4.78, 5) is 32.9. The number of fused-ring (bicyclic) bond motifs is 6. The predicted octanol–water partition coefficient (Wildman–Crippen LogP) is 8.20. The molecule has 7 atom stereocenters. The van der Waals surface area contributed by atoms with E-state index in [1.54, 1.807) is 12.1 Å². The van der Waals surface area contributed by atoms with Crippen molar-refractivity contribution >= 4 is 31.5 Å². The molecule has 0 amide bonds. The van der Waals surface area contributed by atoms with Crippen molar-refractivity contribution < 1.29 is 61.3 Å². The predicted molar refractivity (Wildman–Crippen MR) is 267 cm³/mol. The van der Waals surface area contributed by atoms with Gasteiger partial charge in [0.1, 0.15) is 17.9 Å². The molecular formula is C54H55N4O13PS. The van der Waals surface area contributed by atoms with E-state index in [4.69, 9.17) is 42.0 Å². The summed E-state index contributed by atoms with van der Waals surface area (Å²) < 4.78 is 70.2. The lowest BCUT2D eigenvalue weighted by Crippen LogP contribution is -2.69. The zero-order valence-electron chi connectivity index (χ0n) is 41.2. The molecule has 2 N–H and O–H groups in total. The van der Waals surface area contributed by atoms with E-state index in [9.17, 15) is 19.7 Å². The van der Waals surface area contributed by atoms with Crippen LogP contribution in [0.5, 0.6) is 40.2 Å². The highest BCUT2D eigenvalue weighted by molar-refractivity contribution is 7.99. The van der Waals surface area contributed by atoms with Gasteiger partial charge in [0, 0.05) is 60.5 Å². The Morgan fingerprint density at radius 2 is 1.62 bits per heavy atom. The number of methoxy groups -OCH3 is 2. The van der Waals surface area contributed by atoms with Crippen LogP contribution in [0.1, 0.15) is 79.9 Å². The molecule has 8 heterocycles. The molecule has 13 rings (SSSR count). The molecule has 380 valence electrons. The lowest BCUT2D eigenvalue weighted by Gasteiger charge is -2.60. The maximum atomic E-state index is 15.4. The van der Waals surface area contributed by atoms with Gasteiger partial charge in [-0.2, -0.15) is 5.26 Å². The van der Waals surface area contributed by atoms with Gasteiger partial charge in [0.05, 0.1) is 50.8 Å². The molecule has 8 aliphatic heterocycles. The van der Waals surface area contributed by atoms with Crippen molar-refractivity contribution in [2.75, 3.05) is 53.5 Å². The summed E-state index contributed by atoms with van der Waals surface area (Å²) in [7, 11) is 0.571. The first kappa shape index (κ1) is 48.9. The highest BCUT2D eigenvalue weighted by Gasteiger charge is 2.64. The molecule has 17 nitrogen and oxygen atoms in total. The van der Waals surface area contributed by atoms with Crippen molar-refractivity contribution in [3.05, 3.63) is 134 Å². The number of phosphoric acid groups is 1. The van der Waals surface area contributed by atoms with Crippen molar-refractivity contribution in [1.82, 2.24) is 15.1 Å². The molecule has 5 aromatic rings. The zero-order valence-corrected chi connectivity index (χ0v) is 42.9. The van der Waals surface area contributed by atoms with Gasteiger partial charge in [-0.1, -0.05) is 66.7 Å². The van der Waals surface area contributed by atoms with Gasteiger partial charge >= 0.3 is 19.8 Å². The molecule has 5 aromatic carbocycles. The summed E-state index contributed by atoms with van der Waals surface area (Å²) in [6.07, 6.45) is 0.674. The van der Waals surface area contributed by atoms with Crippen LogP contribution in [0.2, 0.25) is 0 Å². The van der Waals surface area contributed by atoms with Gasteiger partial charge in [-0.15, -0.1) is 11.8 Å². The van der Waals surface area contributed by atoms with Crippen molar-refractivity contribution in [1.29, 1.82) is 5.26 Å². The number of carbonyl (C=O) groups is 2. The summed E-state index contributed by atoms with van der Waals surface area (Å²) in [6.45, 7) is 5.17. The molecule has 0 aromatic heterocycles. The van der Waals surface area contributed by atoms with Crippen LogP contribution in [-0.4, -0.2) is 91.9 Å². The van der Waals surface area contributed by atoms with E-state index in [1.807, 2.05) is 87.6 Å². The molecule has 0 aliphatic carbocycles. The quantitative estimate of drug-likeness (QED) is 0.0729. The van der Waals surface area contributed by atoms with Crippen molar-refractivity contribution in [2.24, 2.45) is 0 Å². The fourth-order valence-corrected chi connectivity index (χ4v) is 14.9. The maximum absolute atomic E-state index is 15.4. The minimum absolute atomic E-state index is 0.0124. The first-order valence-electron chi connectivity index (χ1n) is 24.1. The van der Waals surface area contributed by atoms with Crippen LogP contribution in [0.15, 0.2) is 78.9 Å². The Kier molecular flexibility index (Phi) is 12.7. The third-order valence-corrected chi connectivity index (χ3v) is 17.8. The van der Waals surface area contributed by atoms with Crippen LogP contribution < -0.4 is 33.5 Å². The van der Waals surface area contributed by atoms with E-state index >= 15 is 4.79 Å².